The van der Waals surface area contributed by atoms with Gasteiger partial charge in [0.1, 0.15) is 0 Å². The average Bonchev–Trinajstić information content (AvgIpc) is 2.71. The summed E-state index contributed by atoms with van der Waals surface area (Å²) in [5, 5.41) is 10.9. The van der Waals surface area contributed by atoms with E-state index in [1.165, 1.54) is 6.47 Å². The maximum Gasteiger partial charge on any atom is 0 e. The monoisotopic (exact) mass is 438 g/mol. The summed E-state index contributed by atoms with van der Waals surface area (Å²) in [6.45, 7) is 22.5. The van der Waals surface area contributed by atoms with Crippen molar-refractivity contribution in [2.75, 3.05) is 0 Å². The van der Waals surface area contributed by atoms with Gasteiger partial charge in [-0.05, 0) is 39.7 Å². The van der Waals surface area contributed by atoms with Gasteiger partial charge in [0.05, 0.1) is 6.10 Å². The molecule has 0 bridgehead atoms. The molecule has 1 rings (SSSR count). The maximum absolute atomic E-state index is 10.9. The van der Waals surface area contributed by atoms with Crippen LogP contribution in [0.2, 0.25) is 0 Å². The van der Waals surface area contributed by atoms with Gasteiger partial charge < -0.3 is 14.6 Å². The van der Waals surface area contributed by atoms with E-state index < -0.39 is 11.7 Å². The molecule has 0 aliphatic carbocycles. The molecule has 7 heteroatoms. The molecule has 6 nitrogen and oxygen atoms in total. The van der Waals surface area contributed by atoms with Gasteiger partial charge in [-0.25, -0.2) is 0 Å². The second-order valence-electron chi connectivity index (χ2n) is 6.09. The molecule has 0 spiro atoms. The maximum atomic E-state index is 10.9. The first-order valence-electron chi connectivity index (χ1n) is 7.76. The Bertz CT molecular complexity index is 635. The Morgan fingerprint density at radius 2 is 1.55 bits per heavy atom. The Morgan fingerprint density at radius 3 is 1.97 bits per heavy atom. The molecule has 29 heavy (non-hydrogen) atoms. The van der Waals surface area contributed by atoms with E-state index in [0.717, 1.165) is 0 Å². The number of benzene rings is 1. The number of carbonyl (C=O) groups excluding carboxylic acids is 1. The van der Waals surface area contributed by atoms with Crippen LogP contribution in [-0.4, -0.2) is 17.7 Å². The van der Waals surface area contributed by atoms with E-state index in [1.807, 2.05) is 51.1 Å². The van der Waals surface area contributed by atoms with Gasteiger partial charge >= 0.3 is 33.9 Å². The van der Waals surface area contributed by atoms with E-state index in [0.29, 0.717) is 5.56 Å². The Balaban J connectivity index is -0.000000407. The first-order valence-corrected chi connectivity index (χ1v) is 7.76. The third kappa shape index (κ3) is 17.8. The van der Waals surface area contributed by atoms with Crippen LogP contribution in [0.5, 0.6) is 0 Å². The topological polar surface area (TPSA) is 106 Å². The first-order chi connectivity index (χ1) is 13.3. The van der Waals surface area contributed by atoms with Gasteiger partial charge in [0.25, 0.3) is 0 Å². The van der Waals surface area contributed by atoms with Crippen LogP contribution in [0.3, 0.4) is 0 Å². The minimum absolute atomic E-state index is 0. The quantitative estimate of drug-likeness (QED) is 0.306. The van der Waals surface area contributed by atoms with Crippen LogP contribution in [0.15, 0.2) is 30.3 Å². The minimum atomic E-state index is -1.39. The Morgan fingerprint density at radius 1 is 1.07 bits per heavy atom. The van der Waals surface area contributed by atoms with Gasteiger partial charge in [-0.2, -0.15) is 0 Å². The molecule has 0 aliphatic rings. The molecule has 155 valence electrons. The van der Waals surface area contributed by atoms with Crippen molar-refractivity contribution < 1.29 is 45.7 Å². The molecule has 1 aromatic carbocycles. The summed E-state index contributed by atoms with van der Waals surface area (Å²) in [5.74, 6) is 6.00. The zero-order valence-corrected chi connectivity index (χ0v) is 17.6. The molecule has 0 unspecified atom stereocenters. The van der Waals surface area contributed by atoms with Crippen molar-refractivity contribution in [2.45, 2.75) is 39.4 Å². The molecule has 1 N–H and O–H groups in total. The molecule has 0 aliphatic heterocycles. The van der Waals surface area contributed by atoms with Gasteiger partial charge in [0, 0.05) is 35.3 Å². The molecule has 0 saturated heterocycles. The molecular weight excluding hydrogens is 416 g/mol. The first kappa shape index (κ1) is 34.5. The van der Waals surface area contributed by atoms with E-state index in [2.05, 4.69) is 36.5 Å². The van der Waals surface area contributed by atoms with Crippen LogP contribution < -0.4 is 0 Å². The van der Waals surface area contributed by atoms with Gasteiger partial charge in [0.15, 0.2) is 5.60 Å². The van der Waals surface area contributed by atoms with Crippen LogP contribution in [0.4, 0.5) is 0 Å². The number of hydrogen-bond donors (Lipinski definition) is 1. The number of hydrogen-bond acceptors (Lipinski definition) is 3. The summed E-state index contributed by atoms with van der Waals surface area (Å²) in [6.07, 6.45) is 4.47. The summed E-state index contributed by atoms with van der Waals surface area (Å²) < 4.78 is 27.1. The average molecular weight is 438 g/mol. The standard InChI is InChI=1S/C19H22O3.3CO.Fe/c1-16(22-15-20)9-8-12-19(21,14-13-18(2,3)4)17-10-6-5-7-11-17;3*1-2;/h5-12,16,21H,1-4H3;;;;/q-1;;;;/t16-,19+;;;;/m0..../s1. The third-order valence-corrected chi connectivity index (χ3v) is 2.80. The van der Waals surface area contributed by atoms with Crippen LogP contribution in [-0.2, 0) is 46.2 Å². The van der Waals surface area contributed by atoms with Crippen molar-refractivity contribution >= 4 is 6.47 Å². The largest absolute Gasteiger partial charge is 0 e. The van der Waals surface area contributed by atoms with Crippen molar-refractivity contribution in [1.82, 2.24) is 0 Å². The van der Waals surface area contributed by atoms with Gasteiger partial charge in [-0.1, -0.05) is 48.6 Å². The molecule has 0 heterocycles. The molecule has 0 saturated carbocycles. The van der Waals surface area contributed by atoms with Crippen LogP contribution >= 0.6 is 0 Å². The number of aliphatic hydroxyl groups is 1. The molecule has 2 atom stereocenters. The number of ether oxygens (including phenoxy) is 1. The van der Waals surface area contributed by atoms with E-state index >= 15 is 0 Å². The van der Waals surface area contributed by atoms with E-state index in [-0.39, 0.29) is 22.5 Å². The Hall–Kier alpha value is -2.05. The molecule has 0 aromatic heterocycles. The fourth-order valence-electron chi connectivity index (χ4n) is 1.65. The van der Waals surface area contributed by atoms with Crippen molar-refractivity contribution in [2.24, 2.45) is 5.41 Å². The summed E-state index contributed by atoms with van der Waals surface area (Å²) in [4.78, 5) is 10.1. The second-order valence-corrected chi connectivity index (χ2v) is 6.09. The zero-order chi connectivity index (χ0) is 22.6. The fraction of sp³-hybridized carbons (Fsp3) is 0.318. The summed E-state index contributed by atoms with van der Waals surface area (Å²) in [7, 11) is 0. The fourth-order valence-corrected chi connectivity index (χ4v) is 1.65. The minimum Gasteiger partial charge on any atom is 0 e. The normalized spacial score (nSPS) is 11.7. The van der Waals surface area contributed by atoms with Crippen molar-refractivity contribution in [3.05, 3.63) is 75.1 Å². The van der Waals surface area contributed by atoms with Gasteiger partial charge in [-0.15, -0.1) is 0 Å². The van der Waals surface area contributed by atoms with Crippen LogP contribution in [0.1, 0.15) is 33.3 Å². The predicted molar refractivity (Wildman–Crippen MR) is 98.5 cm³/mol. The van der Waals surface area contributed by atoms with Crippen molar-refractivity contribution in [1.29, 1.82) is 0 Å². The smallest absolute Gasteiger partial charge is 0 e. The second kappa shape index (κ2) is 20.7. The molecule has 1 aromatic rings. The van der Waals surface area contributed by atoms with Gasteiger partial charge in [-0.3, -0.25) is 0 Å². The van der Waals surface area contributed by atoms with E-state index in [1.54, 1.807) is 26.2 Å². The molecule has 0 amide bonds. The summed E-state index contributed by atoms with van der Waals surface area (Å²) >= 11 is 0. The predicted octanol–water partition coefficient (Wildman–Crippen LogP) is 2.89. The zero-order valence-electron chi connectivity index (χ0n) is 16.5. The number of rotatable bonds is 7. The molecule has 0 fully saturated rings. The molecule has 3 radical (unpaired) electrons. The van der Waals surface area contributed by atoms with Crippen molar-refractivity contribution in [3.8, 4) is 11.8 Å². The third-order valence-electron chi connectivity index (χ3n) is 2.80. The molecular formula is C22H22FeO6-. The van der Waals surface area contributed by atoms with Crippen LogP contribution in [0, 0.1) is 56.5 Å². The van der Waals surface area contributed by atoms with E-state index in [4.69, 9.17) is 14.0 Å². The summed E-state index contributed by atoms with van der Waals surface area (Å²) in [5.41, 5.74) is -0.925. The van der Waals surface area contributed by atoms with Crippen LogP contribution in [0.25, 0.3) is 0 Å². The van der Waals surface area contributed by atoms with Gasteiger partial charge in [0.2, 0.25) is 0 Å². The van der Waals surface area contributed by atoms with Crippen molar-refractivity contribution in [3.63, 3.8) is 0 Å². The summed E-state index contributed by atoms with van der Waals surface area (Å²) in [6, 6.07) is 9.22. The van der Waals surface area contributed by atoms with E-state index in [9.17, 15) is 9.90 Å². The SMILES string of the molecule is C[C@@H]([CH][CH][CH][C@@](O)(C#CC(C)(C)C)c1ccccc1)O[C-]=O.[C-]#[O+].[C-]#[O+].[C-]#[O+].[Fe]. The Kier molecular flexibility index (Phi) is 24.6. The Labute approximate surface area is 184 Å².